The summed E-state index contributed by atoms with van der Waals surface area (Å²) >= 11 is 0. The van der Waals surface area contributed by atoms with Crippen LogP contribution < -0.4 is 0 Å². The highest BCUT2D eigenvalue weighted by atomic mass is 16.5. The predicted octanol–water partition coefficient (Wildman–Crippen LogP) is 9.99. The van der Waals surface area contributed by atoms with Gasteiger partial charge in [0.1, 0.15) is 12.7 Å². The van der Waals surface area contributed by atoms with Crippen LogP contribution in [0.5, 0.6) is 0 Å². The van der Waals surface area contributed by atoms with Crippen molar-refractivity contribution in [2.45, 2.75) is 186 Å². The molecule has 2 spiro atoms. The second-order valence-electron chi connectivity index (χ2n) is 20.6. The highest BCUT2D eigenvalue weighted by Crippen LogP contribution is 2.76. The summed E-state index contributed by atoms with van der Waals surface area (Å²) in [4.78, 5) is 25.4. The average Bonchev–Trinajstić information content (AvgIpc) is 3.92. The molecule has 7 heteroatoms. The van der Waals surface area contributed by atoms with Gasteiger partial charge in [-0.2, -0.15) is 0 Å². The Balaban J connectivity index is 1.28. The topological polar surface area (TPSA) is 113 Å². The van der Waals surface area contributed by atoms with E-state index in [0.717, 1.165) is 56.4 Å². The van der Waals surface area contributed by atoms with Crippen LogP contribution in [-0.4, -0.2) is 57.3 Å². The Hall–Kier alpha value is -2.48. The molecule has 1 heterocycles. The van der Waals surface area contributed by atoms with Crippen LogP contribution in [-0.2, 0) is 25.5 Å². The van der Waals surface area contributed by atoms with Gasteiger partial charge in [-0.05, 0) is 136 Å². The van der Waals surface area contributed by atoms with Crippen LogP contribution in [0.3, 0.4) is 0 Å². The Morgan fingerprint density at radius 2 is 1.74 bits per heavy atom. The van der Waals surface area contributed by atoms with E-state index in [-0.39, 0.29) is 25.0 Å². The highest BCUT2D eigenvalue weighted by Gasteiger charge is 2.82. The summed E-state index contributed by atoms with van der Waals surface area (Å²) in [7, 11) is 0. The number of ether oxygens (including phenoxy) is 2. The minimum atomic E-state index is -1.57. The van der Waals surface area contributed by atoms with E-state index in [1.807, 2.05) is 25.1 Å². The van der Waals surface area contributed by atoms with Gasteiger partial charge in [0.05, 0.1) is 22.7 Å². The van der Waals surface area contributed by atoms with Gasteiger partial charge in [0.2, 0.25) is 0 Å². The lowest BCUT2D eigenvalue weighted by atomic mass is 9.31. The summed E-state index contributed by atoms with van der Waals surface area (Å²) in [6.07, 6.45) is 22.8. The van der Waals surface area contributed by atoms with Gasteiger partial charge in [-0.3, -0.25) is 4.79 Å². The lowest BCUT2D eigenvalue weighted by Gasteiger charge is -2.76. The van der Waals surface area contributed by atoms with Gasteiger partial charge in [0.25, 0.3) is 0 Å². The molecule has 1 aromatic rings. The molecule has 0 radical (unpaired) electrons. The first-order chi connectivity index (χ1) is 27.2. The summed E-state index contributed by atoms with van der Waals surface area (Å²) in [5.41, 5.74) is -3.39. The third-order valence-electron chi connectivity index (χ3n) is 17.4. The number of cyclic esters (lactones) is 1. The quantitative estimate of drug-likeness (QED) is 0.0869. The number of aliphatic hydroxyl groups is 3. The van der Waals surface area contributed by atoms with Crippen LogP contribution in [0.1, 0.15) is 162 Å². The number of aliphatic hydroxyl groups excluding tert-OH is 1. The van der Waals surface area contributed by atoms with Crippen molar-refractivity contribution < 1.29 is 34.4 Å². The summed E-state index contributed by atoms with van der Waals surface area (Å²) in [5, 5.41) is 40.7. The molecule has 4 fully saturated rings. The van der Waals surface area contributed by atoms with Gasteiger partial charge in [0.15, 0.2) is 0 Å². The molecule has 3 N–H and O–H groups in total. The molecule has 0 amide bonds. The lowest BCUT2D eigenvalue weighted by Crippen LogP contribution is -2.83. The van der Waals surface area contributed by atoms with Gasteiger partial charge in [0, 0.05) is 24.3 Å². The van der Waals surface area contributed by atoms with Crippen molar-refractivity contribution in [3.05, 3.63) is 59.7 Å². The van der Waals surface area contributed by atoms with Crippen molar-refractivity contribution in [1.82, 2.24) is 0 Å². The standard InChI is InChI=1S/C50H74O7/c1-6-7-9-18-39-19-13-24-47(39)26-22-40(32-47)46(5)25-23-42(52)50-44(46)41(57-36(3)51)33-45(4,49(50,55)28-21-38-31-43(53)56-34-38)29-30-48(50,54)27-20-35(2)14-12-17-37-15-10-8-11-16-37/h8,10-11,15-16,29-31,35,39-42,44,52,54-55H,6-7,9,12-14,17-28,32-34H2,1-5H3/t35-,39-,40-,41-,42+,44+,45+,46+,47-,48-,49-,50+/m1/s1. The normalized spacial score (nSPS) is 41.5. The molecule has 12 atom stereocenters. The van der Waals surface area contributed by atoms with Crippen molar-refractivity contribution in [2.24, 2.45) is 45.3 Å². The zero-order chi connectivity index (χ0) is 40.7. The number of unbranched alkanes of at least 4 members (excludes halogenated alkanes) is 2. The predicted molar refractivity (Wildman–Crippen MR) is 224 cm³/mol. The van der Waals surface area contributed by atoms with Gasteiger partial charge in [-0.25, -0.2) is 4.79 Å². The van der Waals surface area contributed by atoms with E-state index in [9.17, 15) is 24.9 Å². The fourth-order valence-corrected chi connectivity index (χ4v) is 14.6. The molecule has 5 aliphatic carbocycles. The number of aryl methyl sites for hydroxylation is 1. The number of carbonyl (C=O) groups is 2. The smallest absolute Gasteiger partial charge is 0.331 e. The van der Waals surface area contributed by atoms with Gasteiger partial charge >= 0.3 is 11.9 Å². The van der Waals surface area contributed by atoms with Gasteiger partial charge in [-0.15, -0.1) is 0 Å². The maximum Gasteiger partial charge on any atom is 0.331 e. The number of carbonyl (C=O) groups excluding carboxylic acids is 2. The summed E-state index contributed by atoms with van der Waals surface area (Å²) < 4.78 is 11.8. The molecule has 7 nitrogen and oxygen atoms in total. The number of rotatable bonds is 16. The Labute approximate surface area is 343 Å². The van der Waals surface area contributed by atoms with E-state index in [4.69, 9.17) is 9.47 Å². The summed E-state index contributed by atoms with van der Waals surface area (Å²) in [6, 6.07) is 10.6. The second kappa shape index (κ2) is 16.5. The van der Waals surface area contributed by atoms with E-state index in [2.05, 4.69) is 45.0 Å². The molecule has 57 heavy (non-hydrogen) atoms. The molecule has 7 rings (SSSR count). The van der Waals surface area contributed by atoms with Crippen LogP contribution in [0, 0.1) is 45.3 Å². The maximum absolute atomic E-state index is 14.0. The SMILES string of the molecule is CCCCC[C@@H]1CCC[C@]12CC[C@@H]([C@]1(C)CC[C@H](O)[C@]34[C@H]1[C@H](OC(C)=O)C[C@](C)(C=C[C@]3(O)CC[C@H](C)CCCc1ccccc1)[C@]4(O)CCC1=CC(=O)OC1)C2. The molecule has 4 saturated carbocycles. The minimum Gasteiger partial charge on any atom is -0.462 e. The summed E-state index contributed by atoms with van der Waals surface area (Å²) in [6.45, 7) is 10.6. The first-order valence-corrected chi connectivity index (χ1v) is 23.1. The van der Waals surface area contributed by atoms with Crippen molar-refractivity contribution in [2.75, 3.05) is 6.61 Å². The number of fused-ring (bicyclic) bond motifs is 1. The first-order valence-electron chi connectivity index (χ1n) is 23.1. The highest BCUT2D eigenvalue weighted by molar-refractivity contribution is 5.85. The molecule has 1 aromatic carbocycles. The van der Waals surface area contributed by atoms with Crippen molar-refractivity contribution >= 4 is 11.9 Å². The molecule has 0 saturated heterocycles. The van der Waals surface area contributed by atoms with Crippen LogP contribution in [0.4, 0.5) is 0 Å². The number of hydrogen-bond acceptors (Lipinski definition) is 7. The summed E-state index contributed by atoms with van der Waals surface area (Å²) in [5.74, 6) is 0.173. The Bertz CT molecular complexity index is 1650. The fourth-order valence-electron chi connectivity index (χ4n) is 14.6. The van der Waals surface area contributed by atoms with Gasteiger partial charge in [-0.1, -0.05) is 102 Å². The maximum atomic E-state index is 14.0. The second-order valence-corrected chi connectivity index (χ2v) is 20.6. The molecule has 0 unspecified atom stereocenters. The monoisotopic (exact) mass is 787 g/mol. The Morgan fingerprint density at radius 1 is 0.947 bits per heavy atom. The third kappa shape index (κ3) is 7.40. The van der Waals surface area contributed by atoms with Crippen LogP contribution >= 0.6 is 0 Å². The third-order valence-corrected chi connectivity index (χ3v) is 17.4. The number of hydrogen-bond donors (Lipinski definition) is 3. The Kier molecular flexibility index (Phi) is 12.4. The molecule has 6 aliphatic rings. The number of benzene rings is 1. The van der Waals surface area contributed by atoms with E-state index in [0.29, 0.717) is 42.9 Å². The molecular formula is C50H74O7. The average molecular weight is 787 g/mol. The molecule has 316 valence electrons. The number of esters is 2. The first kappa shape index (κ1) is 42.6. The van der Waals surface area contributed by atoms with E-state index in [1.54, 1.807) is 0 Å². The Morgan fingerprint density at radius 3 is 2.46 bits per heavy atom. The van der Waals surface area contributed by atoms with E-state index >= 15 is 0 Å². The van der Waals surface area contributed by atoms with Crippen molar-refractivity contribution in [3.63, 3.8) is 0 Å². The van der Waals surface area contributed by atoms with Crippen LogP contribution in [0.15, 0.2) is 54.1 Å². The molecule has 0 aromatic heterocycles. The van der Waals surface area contributed by atoms with Crippen molar-refractivity contribution in [1.29, 1.82) is 0 Å². The van der Waals surface area contributed by atoms with Crippen LogP contribution in [0.2, 0.25) is 0 Å². The molecule has 2 bridgehead atoms. The lowest BCUT2D eigenvalue weighted by molar-refractivity contribution is -0.361. The largest absolute Gasteiger partial charge is 0.462 e. The van der Waals surface area contributed by atoms with E-state index in [1.165, 1.54) is 69.9 Å². The van der Waals surface area contributed by atoms with Crippen molar-refractivity contribution in [3.8, 4) is 0 Å². The van der Waals surface area contributed by atoms with Gasteiger partial charge < -0.3 is 24.8 Å². The molecular weight excluding hydrogens is 713 g/mol. The zero-order valence-electron chi connectivity index (χ0n) is 35.9. The molecule has 1 aliphatic heterocycles. The van der Waals surface area contributed by atoms with E-state index < -0.39 is 45.6 Å². The van der Waals surface area contributed by atoms with Crippen LogP contribution in [0.25, 0.3) is 0 Å². The minimum absolute atomic E-state index is 0.197. The fraction of sp³-hybridized carbons (Fsp3) is 0.760. The zero-order valence-corrected chi connectivity index (χ0v) is 35.9.